The second kappa shape index (κ2) is 22.6. The molecule has 366 valence electrons. The maximum atomic E-state index is 13.8. The fourth-order valence-corrected chi connectivity index (χ4v) is 10.6. The molecule has 0 aliphatic carbocycles. The van der Waals surface area contributed by atoms with Crippen LogP contribution in [0.4, 0.5) is 0 Å². The van der Waals surface area contributed by atoms with Crippen LogP contribution in [0.1, 0.15) is 144 Å². The van der Waals surface area contributed by atoms with E-state index < -0.39 is 53.7 Å². The van der Waals surface area contributed by atoms with Gasteiger partial charge in [-0.1, -0.05) is 32.9 Å². The standard InChI is InChI=1S/C52H67N5O10S/c1-13-36-29(5)42-25-45-37(14-2)28(4)41(54-45)24-43-30(6)38(48(56-43)31(7)40-22-27(3)39(53-40)23-44(36)55-42)18-19-47(62)57(12)20-16-15-17-21-68-52-51(66-35(11)61)50(65-34(10)60)49(64-33(9)59)46(67-52)26-63-32(8)58/h14,22-25,30,38,46,49-54H,2,13,15-21,26H2,1,3-12H3/t30-,38-,46+,49+,50-,51+,52-/m0/s1. The number of nitrogens with one attached hydrogen (secondary N) is 2. The van der Waals surface area contributed by atoms with E-state index in [9.17, 15) is 24.0 Å². The van der Waals surface area contributed by atoms with E-state index in [0.717, 1.165) is 92.8 Å². The summed E-state index contributed by atoms with van der Waals surface area (Å²) in [6, 6.07) is 8.60. The van der Waals surface area contributed by atoms with Crippen LogP contribution < -0.4 is 0 Å². The molecule has 0 saturated carbocycles. The van der Waals surface area contributed by atoms with E-state index in [1.807, 2.05) is 13.1 Å². The van der Waals surface area contributed by atoms with Crippen LogP contribution in [0.25, 0.3) is 39.3 Å². The third-order valence-corrected chi connectivity index (χ3v) is 14.4. The Morgan fingerprint density at radius 1 is 0.794 bits per heavy atom. The quantitative estimate of drug-likeness (QED) is 0.0740. The molecule has 3 aliphatic rings. The van der Waals surface area contributed by atoms with E-state index in [1.165, 1.54) is 50.6 Å². The highest BCUT2D eigenvalue weighted by Gasteiger charge is 2.52. The second-order valence-electron chi connectivity index (χ2n) is 18.0. The molecule has 1 saturated heterocycles. The summed E-state index contributed by atoms with van der Waals surface area (Å²) in [5.74, 6) is -1.88. The van der Waals surface area contributed by atoms with Gasteiger partial charge in [-0.15, -0.1) is 11.8 Å². The number of nitrogens with zero attached hydrogens (tertiary/aromatic N) is 3. The van der Waals surface area contributed by atoms with Gasteiger partial charge in [0.1, 0.15) is 18.1 Å². The van der Waals surface area contributed by atoms with Gasteiger partial charge in [0.25, 0.3) is 0 Å². The number of H-pyrrole nitrogens is 2. The topological polar surface area (TPSA) is 192 Å². The molecule has 68 heavy (non-hydrogen) atoms. The van der Waals surface area contributed by atoms with Crippen molar-refractivity contribution in [3.8, 4) is 0 Å². The summed E-state index contributed by atoms with van der Waals surface area (Å²) in [4.78, 5) is 81.6. The highest BCUT2D eigenvalue weighted by Crippen LogP contribution is 2.42. The molecule has 15 nitrogen and oxygen atoms in total. The van der Waals surface area contributed by atoms with Gasteiger partial charge in [0.2, 0.25) is 5.91 Å². The molecule has 8 bridgehead atoms. The zero-order valence-electron chi connectivity index (χ0n) is 41.3. The molecule has 0 unspecified atom stereocenters. The maximum absolute atomic E-state index is 13.8. The van der Waals surface area contributed by atoms with Crippen molar-refractivity contribution in [1.82, 2.24) is 24.8 Å². The molecule has 3 aromatic heterocycles. The number of hydrogen-bond acceptors (Lipinski definition) is 13. The predicted molar refractivity (Wildman–Crippen MR) is 264 cm³/mol. The van der Waals surface area contributed by atoms with Crippen LogP contribution in [-0.2, 0) is 47.7 Å². The smallest absolute Gasteiger partial charge is 0.303 e. The van der Waals surface area contributed by atoms with Crippen LogP contribution in [0, 0.1) is 20.8 Å². The van der Waals surface area contributed by atoms with Gasteiger partial charge in [-0.2, -0.15) is 0 Å². The normalized spacial score (nSPS) is 21.2. The van der Waals surface area contributed by atoms with Gasteiger partial charge in [-0.25, -0.2) is 4.98 Å². The Hall–Kier alpha value is -5.74. The number of aromatic nitrogens is 4. The van der Waals surface area contributed by atoms with Crippen LogP contribution >= 0.6 is 11.8 Å². The minimum absolute atomic E-state index is 0.00641. The number of aryl methyl sites for hydroxylation is 3. The van der Waals surface area contributed by atoms with Crippen LogP contribution in [-0.4, -0.2) is 110 Å². The predicted octanol–water partition coefficient (Wildman–Crippen LogP) is 9.34. The SMILES string of the molecule is C=Cc1c(C)c2cc3nc(c(C)c4cc(C)c(cc5nc(cc1[nH]2)C(C)=C5CC)[nH]4)[C@@H](CCC(=O)N(C)CCCCCS[C@@H]1O[C@H](COC(C)=O)[C@@H](OC(C)=O)[C@H](OC(C)=O)[C@H]1OC(C)=O)[C@@H]3C. The summed E-state index contributed by atoms with van der Waals surface area (Å²) >= 11 is 1.35. The van der Waals surface area contributed by atoms with Crippen molar-refractivity contribution in [2.45, 2.75) is 149 Å². The van der Waals surface area contributed by atoms with E-state index in [0.29, 0.717) is 25.1 Å². The summed E-state index contributed by atoms with van der Waals surface area (Å²) < 4.78 is 28.1. The third kappa shape index (κ3) is 11.9. The van der Waals surface area contributed by atoms with Crippen molar-refractivity contribution in [3.63, 3.8) is 0 Å². The zero-order chi connectivity index (χ0) is 49.6. The maximum Gasteiger partial charge on any atom is 0.303 e. The minimum atomic E-state index is -1.20. The van der Waals surface area contributed by atoms with E-state index >= 15 is 0 Å². The lowest BCUT2D eigenvalue weighted by atomic mass is 9.86. The van der Waals surface area contributed by atoms with Crippen LogP contribution in [0.2, 0.25) is 0 Å². The number of rotatable bonds is 17. The van der Waals surface area contributed by atoms with Crippen molar-refractivity contribution in [3.05, 3.63) is 75.9 Å². The zero-order valence-corrected chi connectivity index (χ0v) is 42.1. The summed E-state index contributed by atoms with van der Waals surface area (Å²) in [5, 5.41) is 0. The van der Waals surface area contributed by atoms with Crippen molar-refractivity contribution in [2.75, 3.05) is 26.0 Å². The number of carbonyl (C=O) groups excluding carboxylic acids is 5. The Morgan fingerprint density at radius 3 is 2.10 bits per heavy atom. The monoisotopic (exact) mass is 953 g/mol. The molecule has 6 heterocycles. The molecule has 7 atom stereocenters. The van der Waals surface area contributed by atoms with Crippen molar-refractivity contribution in [1.29, 1.82) is 0 Å². The van der Waals surface area contributed by atoms with Gasteiger partial charge in [-0.3, -0.25) is 29.0 Å². The number of allylic oxidation sites excluding steroid dienone is 2. The van der Waals surface area contributed by atoms with Crippen LogP contribution in [0.3, 0.4) is 0 Å². The molecule has 1 amide bonds. The fourth-order valence-electron chi connectivity index (χ4n) is 9.42. The molecule has 1 fully saturated rings. The molecule has 3 aliphatic heterocycles. The number of ether oxygens (including phenoxy) is 5. The van der Waals surface area contributed by atoms with E-state index in [2.05, 4.69) is 82.4 Å². The molecule has 0 radical (unpaired) electrons. The Morgan fingerprint density at radius 2 is 1.44 bits per heavy atom. The Labute approximate surface area is 403 Å². The fraction of sp³-hybridized carbons (Fsp3) is 0.519. The van der Waals surface area contributed by atoms with Gasteiger partial charge >= 0.3 is 23.9 Å². The molecule has 2 N–H and O–H groups in total. The van der Waals surface area contributed by atoms with Gasteiger partial charge < -0.3 is 38.6 Å². The molecule has 0 aromatic carbocycles. The Kier molecular flexibility index (Phi) is 17.1. The molecule has 3 aromatic rings. The molecular formula is C52H67N5O10S. The van der Waals surface area contributed by atoms with E-state index in [4.69, 9.17) is 33.7 Å². The lowest BCUT2D eigenvalue weighted by Crippen LogP contribution is -2.61. The van der Waals surface area contributed by atoms with E-state index in [1.54, 1.807) is 4.90 Å². The van der Waals surface area contributed by atoms with Gasteiger partial charge in [-0.05, 0) is 111 Å². The summed E-state index contributed by atoms with van der Waals surface area (Å²) in [5.41, 5.74) is 13.6. The first kappa shape index (κ1) is 51.6. The van der Waals surface area contributed by atoms with Crippen molar-refractivity contribution < 1.29 is 47.7 Å². The van der Waals surface area contributed by atoms with Gasteiger partial charge in [0.05, 0.1) is 11.4 Å². The molecule has 0 spiro atoms. The van der Waals surface area contributed by atoms with Crippen LogP contribution in [0.15, 0.2) is 30.8 Å². The molecule has 16 heteroatoms. The van der Waals surface area contributed by atoms with Gasteiger partial charge in [0.15, 0.2) is 18.3 Å². The highest BCUT2D eigenvalue weighted by molar-refractivity contribution is 7.99. The molecular weight excluding hydrogens is 887 g/mol. The first-order valence-corrected chi connectivity index (χ1v) is 24.6. The van der Waals surface area contributed by atoms with Crippen LogP contribution in [0.5, 0.6) is 0 Å². The lowest BCUT2D eigenvalue weighted by Gasteiger charge is -2.44. The summed E-state index contributed by atoms with van der Waals surface area (Å²) in [7, 11) is 1.84. The number of thioether (sulfide) groups is 1. The summed E-state index contributed by atoms with van der Waals surface area (Å²) in [6.07, 6.45) is 1.52. The minimum Gasteiger partial charge on any atom is -0.463 e. The number of aromatic amines is 2. The number of unbranched alkanes of at least 4 members (excludes halogenated alkanes) is 2. The third-order valence-electron chi connectivity index (χ3n) is 13.1. The average Bonchev–Trinajstić information content (AvgIpc) is 3.98. The average molecular weight is 954 g/mol. The Bertz CT molecular complexity index is 2630. The number of carbonyl (C=O) groups is 5. The molecule has 6 rings (SSSR count). The first-order valence-electron chi connectivity index (χ1n) is 23.5. The van der Waals surface area contributed by atoms with Gasteiger partial charge in [0, 0.05) is 98.6 Å². The van der Waals surface area contributed by atoms with Crippen molar-refractivity contribution in [2.24, 2.45) is 0 Å². The number of amides is 1. The number of fused-ring (bicyclic) bond motifs is 8. The van der Waals surface area contributed by atoms with E-state index in [-0.39, 0.29) is 24.3 Å². The first-order chi connectivity index (χ1) is 32.3. The lowest BCUT2D eigenvalue weighted by molar-refractivity contribution is -0.237. The Balaban J connectivity index is 1.14. The highest BCUT2D eigenvalue weighted by atomic mass is 32.2. The number of esters is 4. The second-order valence-corrected chi connectivity index (χ2v) is 19.2. The summed E-state index contributed by atoms with van der Waals surface area (Å²) in [6.45, 7) is 22.1. The van der Waals surface area contributed by atoms with Crippen molar-refractivity contribution >= 4 is 80.8 Å². The largest absolute Gasteiger partial charge is 0.463 e. The number of hydrogen-bond donors (Lipinski definition) is 2.